The lowest BCUT2D eigenvalue weighted by atomic mass is 9.90. The van der Waals surface area contributed by atoms with Crippen molar-refractivity contribution in [1.29, 1.82) is 0 Å². The molecule has 2 unspecified atom stereocenters. The van der Waals surface area contributed by atoms with Gasteiger partial charge in [0.15, 0.2) is 0 Å². The Morgan fingerprint density at radius 2 is 2.38 bits per heavy atom. The Morgan fingerprint density at radius 1 is 1.56 bits per heavy atom. The van der Waals surface area contributed by atoms with Gasteiger partial charge in [-0.05, 0) is 26.0 Å². The van der Waals surface area contributed by atoms with Crippen LogP contribution in [0.2, 0.25) is 0 Å². The van der Waals surface area contributed by atoms with Gasteiger partial charge in [-0.1, -0.05) is 24.3 Å². The Morgan fingerprint density at radius 3 is 3.12 bits per heavy atom. The van der Waals surface area contributed by atoms with Gasteiger partial charge in [-0.25, -0.2) is 0 Å². The zero-order chi connectivity index (χ0) is 11.4. The molecular weight excluding hydrogens is 198 g/mol. The predicted octanol–water partition coefficient (Wildman–Crippen LogP) is 2.72. The third-order valence-electron chi connectivity index (χ3n) is 3.28. The van der Waals surface area contributed by atoms with Crippen molar-refractivity contribution in [2.45, 2.75) is 24.8 Å². The molecule has 2 atom stereocenters. The fourth-order valence-electron chi connectivity index (χ4n) is 2.36. The van der Waals surface area contributed by atoms with E-state index < -0.39 is 0 Å². The van der Waals surface area contributed by atoms with Gasteiger partial charge in [-0.2, -0.15) is 0 Å². The van der Waals surface area contributed by atoms with E-state index in [0.717, 1.165) is 25.2 Å². The lowest BCUT2D eigenvalue weighted by molar-refractivity contribution is 0.298. The molecular formula is C14H19NO. The van der Waals surface area contributed by atoms with Crippen LogP contribution in [0.4, 0.5) is 0 Å². The lowest BCUT2D eigenvalue weighted by Gasteiger charge is -2.21. The summed E-state index contributed by atoms with van der Waals surface area (Å²) in [5.41, 5.74) is 1.34. The van der Waals surface area contributed by atoms with E-state index >= 15 is 0 Å². The molecule has 16 heavy (non-hydrogen) atoms. The van der Waals surface area contributed by atoms with Crippen LogP contribution < -0.4 is 10.1 Å². The maximum Gasteiger partial charge on any atom is 0.122 e. The van der Waals surface area contributed by atoms with Gasteiger partial charge in [0.1, 0.15) is 5.75 Å². The Hall–Kier alpha value is -1.28. The SMILES string of the molecule is C=CCCC(NC)C1COc2ccccc21. The molecule has 2 rings (SSSR count). The van der Waals surface area contributed by atoms with Crippen molar-refractivity contribution in [1.82, 2.24) is 5.32 Å². The van der Waals surface area contributed by atoms with Gasteiger partial charge in [0.2, 0.25) is 0 Å². The first-order valence-electron chi connectivity index (χ1n) is 5.86. The summed E-state index contributed by atoms with van der Waals surface area (Å²) in [5, 5.41) is 3.39. The van der Waals surface area contributed by atoms with Crippen molar-refractivity contribution in [3.05, 3.63) is 42.5 Å². The number of para-hydroxylation sites is 1. The Bertz CT molecular complexity index is 362. The maximum absolute atomic E-state index is 5.71. The van der Waals surface area contributed by atoms with E-state index in [-0.39, 0.29) is 0 Å². The number of likely N-dealkylation sites (N-methyl/N-ethyl adjacent to an activating group) is 1. The number of allylic oxidation sites excluding steroid dienone is 1. The predicted molar refractivity (Wildman–Crippen MR) is 67.0 cm³/mol. The van der Waals surface area contributed by atoms with Crippen LogP contribution in [0, 0.1) is 0 Å². The smallest absolute Gasteiger partial charge is 0.122 e. The average molecular weight is 217 g/mol. The molecule has 1 aliphatic heterocycles. The molecule has 0 saturated heterocycles. The molecule has 1 N–H and O–H groups in total. The van der Waals surface area contributed by atoms with Gasteiger partial charge in [-0.3, -0.25) is 0 Å². The number of hydrogen-bond donors (Lipinski definition) is 1. The summed E-state index contributed by atoms with van der Waals surface area (Å²) in [4.78, 5) is 0. The molecule has 0 amide bonds. The number of nitrogens with one attached hydrogen (secondary N) is 1. The number of rotatable bonds is 5. The number of benzene rings is 1. The molecule has 1 aromatic carbocycles. The summed E-state index contributed by atoms with van der Waals surface area (Å²) in [6.45, 7) is 4.57. The zero-order valence-electron chi connectivity index (χ0n) is 9.78. The molecule has 86 valence electrons. The minimum absolute atomic E-state index is 0.473. The van der Waals surface area contributed by atoms with Crippen LogP contribution in [0.15, 0.2) is 36.9 Å². The Labute approximate surface area is 97.3 Å². The second-order valence-electron chi connectivity index (χ2n) is 4.22. The standard InChI is InChI=1S/C14H19NO/c1-3-4-8-13(15-2)12-10-16-14-9-6-5-7-11(12)14/h3,5-7,9,12-13,15H,1,4,8,10H2,2H3. The second kappa shape index (κ2) is 5.17. The van der Waals surface area contributed by atoms with Gasteiger partial charge in [-0.15, -0.1) is 6.58 Å². The summed E-state index contributed by atoms with van der Waals surface area (Å²) >= 11 is 0. The summed E-state index contributed by atoms with van der Waals surface area (Å²) in [6.07, 6.45) is 4.14. The van der Waals surface area contributed by atoms with Crippen LogP contribution >= 0.6 is 0 Å². The minimum Gasteiger partial charge on any atom is -0.493 e. The van der Waals surface area contributed by atoms with E-state index in [9.17, 15) is 0 Å². The van der Waals surface area contributed by atoms with E-state index in [1.807, 2.05) is 19.2 Å². The van der Waals surface area contributed by atoms with Gasteiger partial charge in [0.25, 0.3) is 0 Å². The monoisotopic (exact) mass is 217 g/mol. The van der Waals surface area contributed by atoms with E-state index in [0.29, 0.717) is 12.0 Å². The molecule has 0 bridgehead atoms. The topological polar surface area (TPSA) is 21.3 Å². The molecule has 2 nitrogen and oxygen atoms in total. The highest BCUT2D eigenvalue weighted by Crippen LogP contribution is 2.36. The highest BCUT2D eigenvalue weighted by molar-refractivity contribution is 5.40. The van der Waals surface area contributed by atoms with E-state index in [1.165, 1.54) is 5.56 Å². The lowest BCUT2D eigenvalue weighted by Crippen LogP contribution is -2.32. The van der Waals surface area contributed by atoms with Crippen molar-refractivity contribution in [2.24, 2.45) is 0 Å². The fourth-order valence-corrected chi connectivity index (χ4v) is 2.36. The molecule has 1 aromatic rings. The Balaban J connectivity index is 2.13. The highest BCUT2D eigenvalue weighted by atomic mass is 16.5. The molecule has 0 aromatic heterocycles. The zero-order valence-corrected chi connectivity index (χ0v) is 9.78. The normalized spacial score (nSPS) is 19.9. The summed E-state index contributed by atoms with van der Waals surface area (Å²) in [6, 6.07) is 8.81. The quantitative estimate of drug-likeness (QED) is 0.766. The van der Waals surface area contributed by atoms with Gasteiger partial charge in [0, 0.05) is 17.5 Å². The molecule has 0 spiro atoms. The molecule has 0 saturated carbocycles. The summed E-state index contributed by atoms with van der Waals surface area (Å²) in [5.74, 6) is 1.52. The molecule has 0 aliphatic carbocycles. The molecule has 0 fully saturated rings. The van der Waals surface area contributed by atoms with E-state index in [2.05, 4.69) is 30.1 Å². The fraction of sp³-hybridized carbons (Fsp3) is 0.429. The Kier molecular flexibility index (Phi) is 3.62. The third-order valence-corrected chi connectivity index (χ3v) is 3.28. The molecule has 1 aliphatic rings. The maximum atomic E-state index is 5.71. The van der Waals surface area contributed by atoms with Crippen LogP contribution in [-0.4, -0.2) is 19.7 Å². The largest absolute Gasteiger partial charge is 0.493 e. The number of hydrogen-bond acceptors (Lipinski definition) is 2. The van der Waals surface area contributed by atoms with Crippen LogP contribution in [0.25, 0.3) is 0 Å². The first kappa shape index (κ1) is 11.2. The van der Waals surface area contributed by atoms with Crippen molar-refractivity contribution in [3.63, 3.8) is 0 Å². The van der Waals surface area contributed by atoms with Crippen molar-refractivity contribution in [3.8, 4) is 5.75 Å². The van der Waals surface area contributed by atoms with Crippen molar-refractivity contribution in [2.75, 3.05) is 13.7 Å². The molecule has 0 radical (unpaired) electrons. The van der Waals surface area contributed by atoms with Gasteiger partial charge in [0.05, 0.1) is 6.61 Å². The van der Waals surface area contributed by atoms with Gasteiger partial charge >= 0.3 is 0 Å². The molecule has 2 heteroatoms. The van der Waals surface area contributed by atoms with Crippen LogP contribution in [0.3, 0.4) is 0 Å². The summed E-state index contributed by atoms with van der Waals surface area (Å²) < 4.78 is 5.71. The van der Waals surface area contributed by atoms with E-state index in [1.54, 1.807) is 0 Å². The van der Waals surface area contributed by atoms with Crippen molar-refractivity contribution < 1.29 is 4.74 Å². The van der Waals surface area contributed by atoms with Crippen LogP contribution in [-0.2, 0) is 0 Å². The average Bonchev–Trinajstić information content (AvgIpc) is 2.75. The highest BCUT2D eigenvalue weighted by Gasteiger charge is 2.29. The minimum atomic E-state index is 0.473. The first-order chi connectivity index (χ1) is 7.86. The first-order valence-corrected chi connectivity index (χ1v) is 5.86. The van der Waals surface area contributed by atoms with Crippen LogP contribution in [0.5, 0.6) is 5.75 Å². The summed E-state index contributed by atoms with van der Waals surface area (Å²) in [7, 11) is 2.02. The number of fused-ring (bicyclic) bond motifs is 1. The number of ether oxygens (including phenoxy) is 1. The van der Waals surface area contributed by atoms with E-state index in [4.69, 9.17) is 4.74 Å². The third kappa shape index (κ3) is 2.12. The molecule has 1 heterocycles. The second-order valence-corrected chi connectivity index (χ2v) is 4.22. The van der Waals surface area contributed by atoms with Gasteiger partial charge < -0.3 is 10.1 Å². The van der Waals surface area contributed by atoms with Crippen molar-refractivity contribution >= 4 is 0 Å². The van der Waals surface area contributed by atoms with Crippen LogP contribution in [0.1, 0.15) is 24.3 Å².